The van der Waals surface area contributed by atoms with E-state index in [-0.39, 0.29) is 11.8 Å². The Labute approximate surface area is 125 Å². The predicted octanol–water partition coefficient (Wildman–Crippen LogP) is 1.09. The summed E-state index contributed by atoms with van der Waals surface area (Å²) < 4.78 is 0. The lowest BCUT2D eigenvalue weighted by atomic mass is 10.0. The first-order valence-electron chi connectivity index (χ1n) is 7.04. The van der Waals surface area contributed by atoms with Gasteiger partial charge in [0, 0.05) is 5.54 Å². The first-order chi connectivity index (χ1) is 9.42. The Morgan fingerprint density at radius 1 is 1.05 bits per heavy atom. The van der Waals surface area contributed by atoms with Gasteiger partial charge >= 0.3 is 12.0 Å². The molecule has 0 aromatic carbocycles. The van der Waals surface area contributed by atoms with Crippen LogP contribution in [0.3, 0.4) is 0 Å². The number of carbonyl (C=O) groups excluding carboxylic acids is 2. The van der Waals surface area contributed by atoms with E-state index in [0.717, 1.165) is 0 Å². The lowest BCUT2D eigenvalue weighted by Gasteiger charge is -2.24. The molecular formula is C14H27N3O4. The molecule has 0 fully saturated rings. The van der Waals surface area contributed by atoms with Crippen LogP contribution in [0, 0.1) is 5.92 Å². The molecule has 2 atom stereocenters. The Kier molecular flexibility index (Phi) is 7.18. The SMILES string of the molecule is CC(C)C[C@H](NC(=O)NC(C)C(=O)NC(C)(C)C)C(=O)O. The van der Waals surface area contributed by atoms with Crippen molar-refractivity contribution < 1.29 is 19.5 Å². The summed E-state index contributed by atoms with van der Waals surface area (Å²) in [5.74, 6) is -1.29. The largest absolute Gasteiger partial charge is 0.480 e. The van der Waals surface area contributed by atoms with Gasteiger partial charge in [0.1, 0.15) is 12.1 Å². The van der Waals surface area contributed by atoms with E-state index in [1.54, 1.807) is 6.92 Å². The second kappa shape index (κ2) is 7.85. The van der Waals surface area contributed by atoms with E-state index in [2.05, 4.69) is 16.0 Å². The topological polar surface area (TPSA) is 108 Å². The standard InChI is InChI=1S/C14H27N3O4/c1-8(2)7-10(12(19)20)16-13(21)15-9(3)11(18)17-14(4,5)6/h8-10H,7H2,1-6H3,(H,17,18)(H,19,20)(H2,15,16,21)/t9?,10-/m0/s1. The second-order valence-electron chi connectivity index (χ2n) is 6.60. The Bertz CT molecular complexity index is 388. The Morgan fingerprint density at radius 3 is 1.95 bits per heavy atom. The van der Waals surface area contributed by atoms with Gasteiger partial charge in [-0.3, -0.25) is 4.79 Å². The Hall–Kier alpha value is -1.79. The highest BCUT2D eigenvalue weighted by atomic mass is 16.4. The fourth-order valence-corrected chi connectivity index (χ4v) is 1.63. The minimum atomic E-state index is -1.09. The van der Waals surface area contributed by atoms with Crippen molar-refractivity contribution in [3.8, 4) is 0 Å². The molecule has 3 amide bonds. The highest BCUT2D eigenvalue weighted by Gasteiger charge is 2.24. The van der Waals surface area contributed by atoms with Crippen molar-refractivity contribution in [3.05, 3.63) is 0 Å². The smallest absolute Gasteiger partial charge is 0.326 e. The van der Waals surface area contributed by atoms with Crippen LogP contribution in [0.15, 0.2) is 0 Å². The number of hydrogen-bond donors (Lipinski definition) is 4. The number of carboxylic acids is 1. The third-order valence-electron chi connectivity index (χ3n) is 2.55. The van der Waals surface area contributed by atoms with E-state index in [0.29, 0.717) is 6.42 Å². The molecule has 0 saturated carbocycles. The molecule has 0 saturated heterocycles. The number of aliphatic carboxylic acids is 1. The van der Waals surface area contributed by atoms with Crippen LogP contribution in [0.25, 0.3) is 0 Å². The minimum absolute atomic E-state index is 0.132. The Morgan fingerprint density at radius 2 is 1.57 bits per heavy atom. The predicted molar refractivity (Wildman–Crippen MR) is 79.9 cm³/mol. The molecule has 7 heteroatoms. The van der Waals surface area contributed by atoms with Crippen LogP contribution in [-0.2, 0) is 9.59 Å². The molecule has 0 aliphatic rings. The van der Waals surface area contributed by atoms with Gasteiger partial charge in [-0.15, -0.1) is 0 Å². The van der Waals surface area contributed by atoms with E-state index >= 15 is 0 Å². The molecule has 21 heavy (non-hydrogen) atoms. The first kappa shape index (κ1) is 19.2. The summed E-state index contributed by atoms with van der Waals surface area (Å²) in [5, 5.41) is 16.6. The highest BCUT2D eigenvalue weighted by Crippen LogP contribution is 2.05. The normalized spacial score (nSPS) is 14.2. The molecule has 0 aliphatic carbocycles. The molecule has 0 aliphatic heterocycles. The number of nitrogens with one attached hydrogen (secondary N) is 3. The number of urea groups is 1. The molecule has 0 rings (SSSR count). The zero-order valence-electron chi connectivity index (χ0n) is 13.6. The van der Waals surface area contributed by atoms with E-state index in [9.17, 15) is 14.4 Å². The zero-order chi connectivity index (χ0) is 16.8. The van der Waals surface area contributed by atoms with Gasteiger partial charge in [-0.2, -0.15) is 0 Å². The van der Waals surface area contributed by atoms with Crippen LogP contribution in [0.2, 0.25) is 0 Å². The zero-order valence-corrected chi connectivity index (χ0v) is 13.6. The molecule has 0 aromatic rings. The fraction of sp³-hybridized carbons (Fsp3) is 0.786. The van der Waals surface area contributed by atoms with Crippen LogP contribution < -0.4 is 16.0 Å². The molecule has 4 N–H and O–H groups in total. The number of amides is 3. The van der Waals surface area contributed by atoms with Crippen LogP contribution in [-0.4, -0.2) is 40.6 Å². The van der Waals surface area contributed by atoms with E-state index in [1.807, 2.05) is 34.6 Å². The number of hydrogen-bond acceptors (Lipinski definition) is 3. The second-order valence-corrected chi connectivity index (χ2v) is 6.60. The minimum Gasteiger partial charge on any atom is -0.480 e. The maximum Gasteiger partial charge on any atom is 0.326 e. The van der Waals surface area contributed by atoms with Gasteiger partial charge in [-0.25, -0.2) is 9.59 Å². The number of carboxylic acid groups (broad SMARTS) is 1. The van der Waals surface area contributed by atoms with E-state index in [1.165, 1.54) is 0 Å². The van der Waals surface area contributed by atoms with E-state index in [4.69, 9.17) is 5.11 Å². The lowest BCUT2D eigenvalue weighted by molar-refractivity contribution is -0.139. The summed E-state index contributed by atoms with van der Waals surface area (Å²) in [6.07, 6.45) is 0.325. The molecular weight excluding hydrogens is 274 g/mol. The molecule has 0 radical (unpaired) electrons. The van der Waals surface area contributed by atoms with Gasteiger partial charge in [0.2, 0.25) is 5.91 Å². The molecule has 1 unspecified atom stereocenters. The third kappa shape index (κ3) is 8.88. The maximum absolute atomic E-state index is 11.8. The average Bonchev–Trinajstić information content (AvgIpc) is 2.24. The van der Waals surface area contributed by atoms with Crippen molar-refractivity contribution in [2.75, 3.05) is 0 Å². The molecule has 122 valence electrons. The summed E-state index contributed by atoms with van der Waals surface area (Å²) in [6.45, 7) is 10.8. The molecule has 0 spiro atoms. The van der Waals surface area contributed by atoms with Crippen molar-refractivity contribution in [2.45, 2.75) is 65.6 Å². The van der Waals surface area contributed by atoms with Gasteiger partial charge in [-0.1, -0.05) is 13.8 Å². The van der Waals surface area contributed by atoms with Gasteiger partial charge in [0.05, 0.1) is 0 Å². The molecule has 0 heterocycles. The quantitative estimate of drug-likeness (QED) is 0.589. The highest BCUT2D eigenvalue weighted by molar-refractivity contribution is 5.88. The molecule has 7 nitrogen and oxygen atoms in total. The molecule has 0 aromatic heterocycles. The van der Waals surface area contributed by atoms with Crippen LogP contribution in [0.1, 0.15) is 48.0 Å². The van der Waals surface area contributed by atoms with E-state index < -0.39 is 29.6 Å². The molecule has 0 bridgehead atoms. The number of rotatable bonds is 6. The summed E-state index contributed by atoms with van der Waals surface area (Å²) in [7, 11) is 0. The van der Waals surface area contributed by atoms with Gasteiger partial charge in [0.15, 0.2) is 0 Å². The van der Waals surface area contributed by atoms with Gasteiger partial charge < -0.3 is 21.1 Å². The number of carbonyl (C=O) groups is 3. The lowest BCUT2D eigenvalue weighted by Crippen LogP contribution is -2.54. The van der Waals surface area contributed by atoms with Crippen molar-refractivity contribution >= 4 is 17.9 Å². The van der Waals surface area contributed by atoms with Crippen LogP contribution in [0.4, 0.5) is 4.79 Å². The summed E-state index contributed by atoms with van der Waals surface area (Å²) in [4.78, 5) is 34.6. The summed E-state index contributed by atoms with van der Waals surface area (Å²) in [5.41, 5.74) is -0.398. The van der Waals surface area contributed by atoms with Gasteiger partial charge in [0.25, 0.3) is 0 Å². The van der Waals surface area contributed by atoms with Crippen molar-refractivity contribution in [2.24, 2.45) is 5.92 Å². The Balaban J connectivity index is 4.46. The summed E-state index contributed by atoms with van der Waals surface area (Å²) in [6, 6.07) is -2.39. The summed E-state index contributed by atoms with van der Waals surface area (Å²) >= 11 is 0. The van der Waals surface area contributed by atoms with Gasteiger partial charge in [-0.05, 0) is 40.0 Å². The van der Waals surface area contributed by atoms with Crippen molar-refractivity contribution in [1.29, 1.82) is 0 Å². The monoisotopic (exact) mass is 301 g/mol. The fourth-order valence-electron chi connectivity index (χ4n) is 1.63. The van der Waals surface area contributed by atoms with Crippen LogP contribution in [0.5, 0.6) is 0 Å². The first-order valence-corrected chi connectivity index (χ1v) is 7.04. The van der Waals surface area contributed by atoms with Crippen molar-refractivity contribution in [1.82, 2.24) is 16.0 Å². The third-order valence-corrected chi connectivity index (χ3v) is 2.55. The average molecular weight is 301 g/mol. The maximum atomic E-state index is 11.8. The van der Waals surface area contributed by atoms with Crippen LogP contribution >= 0.6 is 0 Å². The van der Waals surface area contributed by atoms with Crippen molar-refractivity contribution in [3.63, 3.8) is 0 Å².